The SMILES string of the molecule is CCCCCOCC(N)c1cccc(OC)c1. The Morgan fingerprint density at radius 3 is 2.82 bits per heavy atom. The summed E-state index contributed by atoms with van der Waals surface area (Å²) in [5.74, 6) is 0.837. The third kappa shape index (κ3) is 5.20. The Bertz CT molecular complexity index is 315. The smallest absolute Gasteiger partial charge is 0.119 e. The monoisotopic (exact) mass is 237 g/mol. The molecule has 0 saturated carbocycles. The number of benzene rings is 1. The van der Waals surface area contributed by atoms with Crippen molar-refractivity contribution in [3.63, 3.8) is 0 Å². The fourth-order valence-electron chi connectivity index (χ4n) is 1.63. The Morgan fingerprint density at radius 1 is 1.29 bits per heavy atom. The van der Waals surface area contributed by atoms with Crippen molar-refractivity contribution in [1.82, 2.24) is 0 Å². The Hall–Kier alpha value is -1.06. The molecule has 0 amide bonds. The third-order valence-electron chi connectivity index (χ3n) is 2.71. The van der Waals surface area contributed by atoms with Crippen molar-refractivity contribution in [2.45, 2.75) is 32.2 Å². The van der Waals surface area contributed by atoms with Crippen LogP contribution in [0.3, 0.4) is 0 Å². The van der Waals surface area contributed by atoms with Crippen molar-refractivity contribution in [3.05, 3.63) is 29.8 Å². The lowest BCUT2D eigenvalue weighted by atomic mass is 10.1. The predicted molar refractivity (Wildman–Crippen MR) is 70.3 cm³/mol. The second-order valence-electron chi connectivity index (χ2n) is 4.17. The van der Waals surface area contributed by atoms with E-state index in [1.54, 1.807) is 7.11 Å². The number of hydrogen-bond acceptors (Lipinski definition) is 3. The van der Waals surface area contributed by atoms with Crippen LogP contribution in [0.1, 0.15) is 37.8 Å². The second kappa shape index (κ2) is 8.09. The van der Waals surface area contributed by atoms with Crippen molar-refractivity contribution >= 4 is 0 Å². The molecule has 0 radical (unpaired) electrons. The molecule has 1 aromatic rings. The lowest BCUT2D eigenvalue weighted by Crippen LogP contribution is -2.17. The molecule has 3 nitrogen and oxygen atoms in total. The van der Waals surface area contributed by atoms with E-state index in [1.807, 2.05) is 24.3 Å². The van der Waals surface area contributed by atoms with Gasteiger partial charge in [0, 0.05) is 6.61 Å². The maximum absolute atomic E-state index is 6.05. The van der Waals surface area contributed by atoms with Gasteiger partial charge >= 0.3 is 0 Å². The summed E-state index contributed by atoms with van der Waals surface area (Å²) < 4.78 is 10.7. The molecular formula is C14H23NO2. The lowest BCUT2D eigenvalue weighted by Gasteiger charge is -2.13. The number of methoxy groups -OCH3 is 1. The molecule has 0 spiro atoms. The van der Waals surface area contributed by atoms with Crippen molar-refractivity contribution < 1.29 is 9.47 Å². The molecule has 1 unspecified atom stereocenters. The zero-order valence-electron chi connectivity index (χ0n) is 10.8. The van der Waals surface area contributed by atoms with Crippen LogP contribution in [0.4, 0.5) is 0 Å². The van der Waals surface area contributed by atoms with E-state index in [2.05, 4.69) is 6.92 Å². The number of ether oxygens (including phenoxy) is 2. The first-order chi connectivity index (χ1) is 8.27. The molecule has 17 heavy (non-hydrogen) atoms. The van der Waals surface area contributed by atoms with Crippen LogP contribution in [0.15, 0.2) is 24.3 Å². The Balaban J connectivity index is 2.33. The first kappa shape index (κ1) is 14.0. The van der Waals surface area contributed by atoms with Gasteiger partial charge in [-0.05, 0) is 24.1 Å². The van der Waals surface area contributed by atoms with E-state index in [0.717, 1.165) is 24.3 Å². The molecule has 0 bridgehead atoms. The van der Waals surface area contributed by atoms with Gasteiger partial charge in [-0.15, -0.1) is 0 Å². The van der Waals surface area contributed by atoms with Crippen LogP contribution in [0.5, 0.6) is 5.75 Å². The molecule has 1 rings (SSSR count). The summed E-state index contributed by atoms with van der Waals surface area (Å²) in [5, 5.41) is 0. The molecule has 0 aliphatic rings. The molecule has 2 N–H and O–H groups in total. The van der Waals surface area contributed by atoms with Crippen LogP contribution < -0.4 is 10.5 Å². The third-order valence-corrected chi connectivity index (χ3v) is 2.71. The topological polar surface area (TPSA) is 44.5 Å². The van der Waals surface area contributed by atoms with Crippen LogP contribution in [0.2, 0.25) is 0 Å². The Kier molecular flexibility index (Phi) is 6.67. The fourth-order valence-corrected chi connectivity index (χ4v) is 1.63. The van der Waals surface area contributed by atoms with Crippen LogP contribution >= 0.6 is 0 Å². The molecule has 96 valence electrons. The van der Waals surface area contributed by atoms with Gasteiger partial charge in [-0.1, -0.05) is 31.9 Å². The standard InChI is InChI=1S/C14H23NO2/c1-3-4-5-9-17-11-14(15)12-7-6-8-13(10-12)16-2/h6-8,10,14H,3-5,9,11,15H2,1-2H3. The first-order valence-corrected chi connectivity index (χ1v) is 6.25. The molecule has 0 heterocycles. The van der Waals surface area contributed by atoms with Crippen molar-refractivity contribution in [1.29, 1.82) is 0 Å². The molecule has 0 aromatic heterocycles. The summed E-state index contributed by atoms with van der Waals surface area (Å²) >= 11 is 0. The molecule has 0 fully saturated rings. The van der Waals surface area contributed by atoms with E-state index in [9.17, 15) is 0 Å². The highest BCUT2D eigenvalue weighted by Crippen LogP contribution is 2.17. The minimum Gasteiger partial charge on any atom is -0.497 e. The summed E-state index contributed by atoms with van der Waals surface area (Å²) in [6.07, 6.45) is 3.54. The van der Waals surface area contributed by atoms with Gasteiger partial charge in [0.15, 0.2) is 0 Å². The second-order valence-corrected chi connectivity index (χ2v) is 4.17. The maximum Gasteiger partial charge on any atom is 0.119 e. The van der Waals surface area contributed by atoms with E-state index in [4.69, 9.17) is 15.2 Å². The van der Waals surface area contributed by atoms with E-state index in [1.165, 1.54) is 12.8 Å². The summed E-state index contributed by atoms with van der Waals surface area (Å²) in [6, 6.07) is 7.75. The normalized spacial score (nSPS) is 12.4. The van der Waals surface area contributed by atoms with Gasteiger partial charge in [0.2, 0.25) is 0 Å². The summed E-state index contributed by atoms with van der Waals surface area (Å²) in [4.78, 5) is 0. The van der Waals surface area contributed by atoms with E-state index in [-0.39, 0.29) is 6.04 Å². The average Bonchev–Trinajstić information content (AvgIpc) is 2.38. The Labute approximate surface area is 104 Å². The first-order valence-electron chi connectivity index (χ1n) is 6.25. The van der Waals surface area contributed by atoms with Crippen LogP contribution in [0, 0.1) is 0 Å². The van der Waals surface area contributed by atoms with Gasteiger partial charge in [-0.3, -0.25) is 0 Å². The summed E-state index contributed by atoms with van der Waals surface area (Å²) in [7, 11) is 1.66. The van der Waals surface area contributed by atoms with Crippen molar-refractivity contribution in [3.8, 4) is 5.75 Å². The largest absolute Gasteiger partial charge is 0.497 e. The number of nitrogens with two attached hydrogens (primary N) is 1. The predicted octanol–water partition coefficient (Wildman–Crippen LogP) is 2.90. The van der Waals surface area contributed by atoms with Crippen molar-refractivity contribution in [2.24, 2.45) is 5.73 Å². The molecular weight excluding hydrogens is 214 g/mol. The van der Waals surface area contributed by atoms with Gasteiger partial charge in [-0.25, -0.2) is 0 Å². The zero-order chi connectivity index (χ0) is 12.5. The van der Waals surface area contributed by atoms with Gasteiger partial charge in [0.05, 0.1) is 19.8 Å². The molecule has 0 aliphatic heterocycles. The highest BCUT2D eigenvalue weighted by molar-refractivity contribution is 5.30. The van der Waals surface area contributed by atoms with Gasteiger partial charge < -0.3 is 15.2 Å². The summed E-state index contributed by atoms with van der Waals surface area (Å²) in [6.45, 7) is 3.55. The lowest BCUT2D eigenvalue weighted by molar-refractivity contribution is 0.117. The van der Waals surface area contributed by atoms with E-state index in [0.29, 0.717) is 6.61 Å². The minimum atomic E-state index is -0.0771. The molecule has 1 aromatic carbocycles. The van der Waals surface area contributed by atoms with E-state index < -0.39 is 0 Å². The van der Waals surface area contributed by atoms with Gasteiger partial charge in [-0.2, -0.15) is 0 Å². The van der Waals surface area contributed by atoms with Gasteiger partial charge in [0.1, 0.15) is 5.75 Å². The van der Waals surface area contributed by atoms with Crippen LogP contribution in [0.25, 0.3) is 0 Å². The molecule has 3 heteroatoms. The molecule has 0 aliphatic carbocycles. The number of unbranched alkanes of at least 4 members (excludes halogenated alkanes) is 2. The number of rotatable bonds is 8. The number of hydrogen-bond donors (Lipinski definition) is 1. The highest BCUT2D eigenvalue weighted by atomic mass is 16.5. The Morgan fingerprint density at radius 2 is 2.12 bits per heavy atom. The molecule has 0 saturated heterocycles. The van der Waals surface area contributed by atoms with Crippen LogP contribution in [-0.2, 0) is 4.74 Å². The molecule has 1 atom stereocenters. The quantitative estimate of drug-likeness (QED) is 0.707. The highest BCUT2D eigenvalue weighted by Gasteiger charge is 2.06. The van der Waals surface area contributed by atoms with Gasteiger partial charge in [0.25, 0.3) is 0 Å². The zero-order valence-corrected chi connectivity index (χ0v) is 10.8. The van der Waals surface area contributed by atoms with Crippen molar-refractivity contribution in [2.75, 3.05) is 20.3 Å². The van der Waals surface area contributed by atoms with Crippen LogP contribution in [-0.4, -0.2) is 20.3 Å². The fraction of sp³-hybridized carbons (Fsp3) is 0.571. The average molecular weight is 237 g/mol. The van der Waals surface area contributed by atoms with E-state index >= 15 is 0 Å². The maximum atomic E-state index is 6.05. The summed E-state index contributed by atoms with van der Waals surface area (Å²) in [5.41, 5.74) is 7.11. The minimum absolute atomic E-state index is 0.0771.